The number of hydrogen-bond donors (Lipinski definition) is 0. The number of esters is 1. The van der Waals surface area contributed by atoms with Crippen LogP contribution in [0.15, 0.2) is 36.4 Å². The van der Waals surface area contributed by atoms with Crippen LogP contribution in [0.25, 0.3) is 0 Å². The second-order valence-corrected chi connectivity index (χ2v) is 5.85. The molecular formula is C20H19NO7. The average Bonchev–Trinajstić information content (AvgIpc) is 2.97. The predicted octanol–water partition coefficient (Wildman–Crippen LogP) is 2.17. The first-order chi connectivity index (χ1) is 13.5. The molecule has 0 aliphatic carbocycles. The number of hydrogen-bond acceptors (Lipinski definition) is 7. The first kappa shape index (κ1) is 19.2. The maximum absolute atomic E-state index is 12.5. The van der Waals surface area contributed by atoms with Crippen molar-refractivity contribution in [1.29, 1.82) is 0 Å². The van der Waals surface area contributed by atoms with Crippen LogP contribution >= 0.6 is 0 Å². The molecule has 1 aliphatic heterocycles. The van der Waals surface area contributed by atoms with E-state index in [0.29, 0.717) is 22.6 Å². The first-order valence-electron chi connectivity index (χ1n) is 8.44. The maximum Gasteiger partial charge on any atom is 0.342 e. The molecule has 8 heteroatoms. The van der Waals surface area contributed by atoms with Crippen molar-refractivity contribution in [2.24, 2.45) is 0 Å². The Morgan fingerprint density at radius 1 is 0.857 bits per heavy atom. The summed E-state index contributed by atoms with van der Waals surface area (Å²) in [6, 6.07) is 9.53. The van der Waals surface area contributed by atoms with Gasteiger partial charge in [-0.2, -0.15) is 0 Å². The van der Waals surface area contributed by atoms with Crippen molar-refractivity contribution in [1.82, 2.24) is 4.90 Å². The molecule has 0 unspecified atom stereocenters. The Bertz CT molecular complexity index is 903. The van der Waals surface area contributed by atoms with Gasteiger partial charge in [0.25, 0.3) is 11.8 Å². The summed E-state index contributed by atoms with van der Waals surface area (Å²) in [5.74, 6) is -0.476. The maximum atomic E-state index is 12.5. The van der Waals surface area contributed by atoms with Crippen molar-refractivity contribution in [2.75, 3.05) is 34.5 Å². The van der Waals surface area contributed by atoms with Gasteiger partial charge in [0, 0.05) is 12.1 Å². The van der Waals surface area contributed by atoms with Crippen LogP contribution in [0.4, 0.5) is 0 Å². The zero-order valence-electron chi connectivity index (χ0n) is 15.7. The molecule has 0 N–H and O–H groups in total. The molecule has 28 heavy (non-hydrogen) atoms. The Morgan fingerprint density at radius 2 is 1.39 bits per heavy atom. The number of ether oxygens (including phenoxy) is 4. The van der Waals surface area contributed by atoms with E-state index in [9.17, 15) is 14.4 Å². The van der Waals surface area contributed by atoms with Gasteiger partial charge in [0.15, 0.2) is 11.5 Å². The minimum absolute atomic E-state index is 0.0479. The van der Waals surface area contributed by atoms with Crippen molar-refractivity contribution in [3.8, 4) is 17.2 Å². The molecule has 0 saturated heterocycles. The fourth-order valence-electron chi connectivity index (χ4n) is 2.94. The van der Waals surface area contributed by atoms with E-state index in [0.717, 1.165) is 4.90 Å². The summed E-state index contributed by atoms with van der Waals surface area (Å²) < 4.78 is 20.8. The average molecular weight is 385 g/mol. The van der Waals surface area contributed by atoms with Crippen molar-refractivity contribution in [3.63, 3.8) is 0 Å². The van der Waals surface area contributed by atoms with Crippen LogP contribution in [0.2, 0.25) is 0 Å². The largest absolute Gasteiger partial charge is 0.496 e. The zero-order chi connectivity index (χ0) is 20.3. The van der Waals surface area contributed by atoms with E-state index < -0.39 is 17.8 Å². The number of nitrogens with zero attached hydrogens (tertiary/aromatic N) is 1. The van der Waals surface area contributed by atoms with E-state index >= 15 is 0 Å². The van der Waals surface area contributed by atoms with Gasteiger partial charge in [-0.25, -0.2) is 4.79 Å². The number of methoxy groups -OCH3 is 3. The van der Waals surface area contributed by atoms with Gasteiger partial charge in [-0.3, -0.25) is 14.5 Å². The molecule has 3 rings (SSSR count). The van der Waals surface area contributed by atoms with Gasteiger partial charge in [0.05, 0.1) is 39.0 Å². The Balaban J connectivity index is 1.69. The van der Waals surface area contributed by atoms with Gasteiger partial charge in [-0.1, -0.05) is 12.1 Å². The summed E-state index contributed by atoms with van der Waals surface area (Å²) >= 11 is 0. The van der Waals surface area contributed by atoms with Gasteiger partial charge in [0.1, 0.15) is 17.9 Å². The third-order valence-corrected chi connectivity index (χ3v) is 4.35. The number of carbonyl (C=O) groups is 3. The summed E-state index contributed by atoms with van der Waals surface area (Å²) in [7, 11) is 4.33. The van der Waals surface area contributed by atoms with Crippen LogP contribution in [-0.4, -0.2) is 57.2 Å². The van der Waals surface area contributed by atoms with Crippen LogP contribution in [0, 0.1) is 0 Å². The number of fused-ring (bicyclic) bond motifs is 1. The molecule has 0 aromatic heterocycles. The lowest BCUT2D eigenvalue weighted by atomic mass is 10.1. The van der Waals surface area contributed by atoms with E-state index in [2.05, 4.69) is 0 Å². The van der Waals surface area contributed by atoms with Crippen LogP contribution < -0.4 is 14.2 Å². The van der Waals surface area contributed by atoms with E-state index in [-0.39, 0.29) is 24.5 Å². The fraction of sp³-hybridized carbons (Fsp3) is 0.250. The summed E-state index contributed by atoms with van der Waals surface area (Å²) in [6.45, 7) is -0.199. The van der Waals surface area contributed by atoms with E-state index in [1.165, 1.54) is 33.5 Å². The fourth-order valence-corrected chi connectivity index (χ4v) is 2.94. The summed E-state index contributed by atoms with van der Waals surface area (Å²) in [5.41, 5.74) is 0.836. The zero-order valence-corrected chi connectivity index (χ0v) is 15.7. The number of carbonyl (C=O) groups excluding carboxylic acids is 3. The highest BCUT2D eigenvalue weighted by atomic mass is 16.5. The SMILES string of the molecule is COc1cc(OC)c(C(=O)OCCN2C(=O)c3ccccc3C2=O)cc1OC. The highest BCUT2D eigenvalue weighted by Crippen LogP contribution is 2.35. The molecule has 0 atom stereocenters. The summed E-state index contributed by atoms with van der Waals surface area (Å²) in [4.78, 5) is 38.2. The Hall–Kier alpha value is -3.55. The molecule has 0 bridgehead atoms. The van der Waals surface area contributed by atoms with E-state index in [4.69, 9.17) is 18.9 Å². The number of benzene rings is 2. The smallest absolute Gasteiger partial charge is 0.342 e. The third kappa shape index (κ3) is 3.36. The molecular weight excluding hydrogens is 366 g/mol. The predicted molar refractivity (Wildman–Crippen MR) is 98.2 cm³/mol. The lowest BCUT2D eigenvalue weighted by Gasteiger charge is -2.15. The Morgan fingerprint density at radius 3 is 1.93 bits per heavy atom. The number of rotatable bonds is 7. The van der Waals surface area contributed by atoms with Gasteiger partial charge in [0.2, 0.25) is 0 Å². The minimum atomic E-state index is -0.672. The van der Waals surface area contributed by atoms with Crippen LogP contribution in [0.3, 0.4) is 0 Å². The molecule has 1 aliphatic rings. The normalized spacial score (nSPS) is 12.6. The quantitative estimate of drug-likeness (QED) is 0.533. The lowest BCUT2D eigenvalue weighted by Crippen LogP contribution is -2.33. The molecule has 2 aromatic rings. The number of amides is 2. The highest BCUT2D eigenvalue weighted by Gasteiger charge is 2.35. The molecule has 0 fully saturated rings. The van der Waals surface area contributed by atoms with Gasteiger partial charge >= 0.3 is 5.97 Å². The molecule has 2 amide bonds. The topological polar surface area (TPSA) is 91.4 Å². The van der Waals surface area contributed by atoms with Gasteiger partial charge < -0.3 is 18.9 Å². The molecule has 2 aromatic carbocycles. The van der Waals surface area contributed by atoms with Crippen molar-refractivity contribution in [2.45, 2.75) is 0 Å². The van der Waals surface area contributed by atoms with Crippen LogP contribution in [-0.2, 0) is 4.74 Å². The number of imide groups is 1. The molecule has 146 valence electrons. The highest BCUT2D eigenvalue weighted by molar-refractivity contribution is 6.21. The van der Waals surface area contributed by atoms with Crippen molar-refractivity contribution < 1.29 is 33.3 Å². The minimum Gasteiger partial charge on any atom is -0.496 e. The van der Waals surface area contributed by atoms with Crippen molar-refractivity contribution >= 4 is 17.8 Å². The summed E-state index contributed by atoms with van der Waals surface area (Å²) in [5, 5.41) is 0. The Kier molecular flexibility index (Phi) is 5.49. The monoisotopic (exact) mass is 385 g/mol. The van der Waals surface area contributed by atoms with Crippen LogP contribution in [0.1, 0.15) is 31.1 Å². The standard InChI is InChI=1S/C20H19NO7/c1-25-15-11-17(27-3)16(26-2)10-14(15)20(24)28-9-8-21-18(22)12-6-4-5-7-13(12)19(21)23/h4-7,10-11H,8-9H2,1-3H3. The Labute approximate surface area is 161 Å². The van der Waals surface area contributed by atoms with E-state index in [1.54, 1.807) is 24.3 Å². The molecule has 0 saturated carbocycles. The summed E-state index contributed by atoms with van der Waals surface area (Å²) in [6.07, 6.45) is 0. The first-order valence-corrected chi connectivity index (χ1v) is 8.44. The molecule has 8 nitrogen and oxygen atoms in total. The van der Waals surface area contributed by atoms with Gasteiger partial charge in [-0.05, 0) is 12.1 Å². The second kappa shape index (κ2) is 7.99. The molecule has 0 radical (unpaired) electrons. The van der Waals surface area contributed by atoms with Gasteiger partial charge in [-0.15, -0.1) is 0 Å². The van der Waals surface area contributed by atoms with Crippen LogP contribution in [0.5, 0.6) is 17.2 Å². The molecule has 1 heterocycles. The van der Waals surface area contributed by atoms with Crippen molar-refractivity contribution in [3.05, 3.63) is 53.1 Å². The third-order valence-electron chi connectivity index (χ3n) is 4.35. The van der Waals surface area contributed by atoms with E-state index in [1.807, 2.05) is 0 Å². The molecule has 0 spiro atoms. The second-order valence-electron chi connectivity index (χ2n) is 5.85. The lowest BCUT2D eigenvalue weighted by molar-refractivity contribution is 0.0417.